The van der Waals surface area contributed by atoms with Gasteiger partial charge in [-0.2, -0.15) is 0 Å². The Balaban J connectivity index is 2.54. The summed E-state index contributed by atoms with van der Waals surface area (Å²) in [5.41, 5.74) is 6.58. The van der Waals surface area contributed by atoms with E-state index in [1.165, 1.54) is 0 Å². The summed E-state index contributed by atoms with van der Waals surface area (Å²) in [5.74, 6) is -0.243. The van der Waals surface area contributed by atoms with Crippen LogP contribution in [-0.2, 0) is 4.79 Å². The number of aromatic nitrogens is 1. The molecule has 3 N–H and O–H groups in total. The Morgan fingerprint density at radius 1 is 1.44 bits per heavy atom. The molecule has 5 heteroatoms. The summed E-state index contributed by atoms with van der Waals surface area (Å²) in [5, 5.41) is 4.06. The van der Waals surface area contributed by atoms with Crippen molar-refractivity contribution in [3.63, 3.8) is 0 Å². The van der Waals surface area contributed by atoms with E-state index < -0.39 is 0 Å². The molecule has 0 saturated carbocycles. The zero-order valence-corrected chi connectivity index (χ0v) is 9.16. The number of hydrogen-bond donors (Lipinski definition) is 2. The van der Waals surface area contributed by atoms with Crippen molar-refractivity contribution in [2.45, 2.75) is 0 Å². The molecule has 0 bridgehead atoms. The molecule has 0 atom stereocenters. The van der Waals surface area contributed by atoms with Crippen molar-refractivity contribution in [2.24, 2.45) is 5.73 Å². The summed E-state index contributed by atoms with van der Waals surface area (Å²) in [6.45, 7) is -0.0512. The van der Waals surface area contributed by atoms with Gasteiger partial charge in [0.1, 0.15) is 0 Å². The van der Waals surface area contributed by atoms with Gasteiger partial charge in [-0.1, -0.05) is 11.6 Å². The van der Waals surface area contributed by atoms with Crippen LogP contribution in [0.5, 0.6) is 0 Å². The van der Waals surface area contributed by atoms with Crippen LogP contribution in [0.2, 0.25) is 5.02 Å². The molecule has 1 aromatic heterocycles. The summed E-state index contributed by atoms with van der Waals surface area (Å²) in [6.07, 6.45) is 1.66. The lowest BCUT2D eigenvalue weighted by molar-refractivity contribution is -0.114. The van der Waals surface area contributed by atoms with Crippen LogP contribution in [0.4, 0.5) is 5.69 Å². The number of nitrogens with one attached hydrogen (secondary N) is 1. The first-order valence-corrected chi connectivity index (χ1v) is 5.13. The monoisotopic (exact) mass is 235 g/mol. The zero-order chi connectivity index (χ0) is 11.5. The smallest absolute Gasteiger partial charge is 0.238 e. The van der Waals surface area contributed by atoms with Crippen LogP contribution in [0.1, 0.15) is 0 Å². The molecule has 0 spiro atoms. The Hall–Kier alpha value is -1.65. The first-order chi connectivity index (χ1) is 7.72. The molecule has 2 aromatic rings. The van der Waals surface area contributed by atoms with Crippen molar-refractivity contribution < 1.29 is 4.79 Å². The molecular weight excluding hydrogens is 226 g/mol. The van der Waals surface area contributed by atoms with E-state index in [1.807, 2.05) is 6.07 Å². The van der Waals surface area contributed by atoms with Crippen molar-refractivity contribution in [2.75, 3.05) is 11.9 Å². The van der Waals surface area contributed by atoms with Gasteiger partial charge in [0, 0.05) is 11.6 Å². The number of halogens is 1. The number of rotatable bonds is 2. The Bertz CT molecular complexity index is 542. The van der Waals surface area contributed by atoms with Crippen molar-refractivity contribution in [3.05, 3.63) is 35.5 Å². The van der Waals surface area contributed by atoms with E-state index in [0.29, 0.717) is 16.2 Å². The van der Waals surface area contributed by atoms with E-state index in [9.17, 15) is 4.79 Å². The Morgan fingerprint density at radius 2 is 2.25 bits per heavy atom. The van der Waals surface area contributed by atoms with Crippen molar-refractivity contribution in [1.29, 1.82) is 0 Å². The molecule has 0 radical (unpaired) electrons. The molecular formula is C11H10ClN3O. The number of carbonyl (C=O) groups is 1. The third-order valence-electron chi connectivity index (χ3n) is 2.18. The van der Waals surface area contributed by atoms with Gasteiger partial charge in [-0.05, 0) is 24.3 Å². The second-order valence-corrected chi connectivity index (χ2v) is 3.65. The molecule has 1 aromatic carbocycles. The summed E-state index contributed by atoms with van der Waals surface area (Å²) in [4.78, 5) is 15.4. The van der Waals surface area contributed by atoms with E-state index in [4.69, 9.17) is 17.3 Å². The molecule has 0 aliphatic rings. The number of pyridine rings is 1. The van der Waals surface area contributed by atoms with E-state index in [-0.39, 0.29) is 12.5 Å². The highest BCUT2D eigenvalue weighted by atomic mass is 35.5. The largest absolute Gasteiger partial charge is 0.324 e. The van der Waals surface area contributed by atoms with Gasteiger partial charge in [0.05, 0.1) is 22.8 Å². The van der Waals surface area contributed by atoms with Crippen LogP contribution in [0.3, 0.4) is 0 Å². The predicted molar refractivity (Wildman–Crippen MR) is 64.4 cm³/mol. The third-order valence-corrected chi connectivity index (χ3v) is 2.48. The number of nitrogens with two attached hydrogens (primary N) is 1. The fourth-order valence-corrected chi connectivity index (χ4v) is 1.66. The van der Waals surface area contributed by atoms with Gasteiger partial charge in [-0.15, -0.1) is 0 Å². The molecule has 2 rings (SSSR count). The van der Waals surface area contributed by atoms with Gasteiger partial charge >= 0.3 is 0 Å². The fraction of sp³-hybridized carbons (Fsp3) is 0.0909. The first kappa shape index (κ1) is 10.9. The van der Waals surface area contributed by atoms with E-state index >= 15 is 0 Å². The number of nitrogens with zero attached hydrogens (tertiary/aromatic N) is 1. The number of amides is 1. The first-order valence-electron chi connectivity index (χ1n) is 4.75. The molecule has 0 aliphatic carbocycles. The van der Waals surface area contributed by atoms with Crippen LogP contribution in [0.15, 0.2) is 30.5 Å². The highest BCUT2D eigenvalue weighted by Crippen LogP contribution is 2.27. The quantitative estimate of drug-likeness (QED) is 0.834. The zero-order valence-electron chi connectivity index (χ0n) is 8.40. The van der Waals surface area contributed by atoms with Crippen molar-refractivity contribution >= 4 is 34.1 Å². The maximum atomic E-state index is 11.2. The lowest BCUT2D eigenvalue weighted by Crippen LogP contribution is -2.21. The minimum atomic E-state index is -0.243. The normalized spacial score (nSPS) is 10.4. The number of anilines is 1. The average Bonchev–Trinajstić information content (AvgIpc) is 2.33. The molecule has 16 heavy (non-hydrogen) atoms. The summed E-state index contributed by atoms with van der Waals surface area (Å²) < 4.78 is 0. The van der Waals surface area contributed by atoms with Gasteiger partial charge < -0.3 is 11.1 Å². The molecule has 0 unspecified atom stereocenters. The summed E-state index contributed by atoms with van der Waals surface area (Å²) >= 11 is 6.00. The molecule has 1 heterocycles. The topological polar surface area (TPSA) is 68.0 Å². The van der Waals surface area contributed by atoms with Gasteiger partial charge in [0.25, 0.3) is 0 Å². The van der Waals surface area contributed by atoms with Crippen LogP contribution in [-0.4, -0.2) is 17.4 Å². The molecule has 4 nitrogen and oxygen atoms in total. The van der Waals surface area contributed by atoms with E-state index in [0.717, 1.165) is 5.39 Å². The molecule has 0 saturated heterocycles. The Labute approximate surface area is 97.4 Å². The lowest BCUT2D eigenvalue weighted by Gasteiger charge is -2.08. The van der Waals surface area contributed by atoms with Crippen LogP contribution >= 0.6 is 11.6 Å². The number of hydrogen-bond acceptors (Lipinski definition) is 3. The SMILES string of the molecule is NCC(=O)Nc1ccc(Cl)c2ncccc12. The standard InChI is InChI=1S/C11H10ClN3O/c12-8-3-4-9(15-10(16)6-13)7-2-1-5-14-11(7)8/h1-5H,6,13H2,(H,15,16). The minimum absolute atomic E-state index is 0.0512. The van der Waals surface area contributed by atoms with Crippen molar-refractivity contribution in [3.8, 4) is 0 Å². The second kappa shape index (κ2) is 4.47. The minimum Gasteiger partial charge on any atom is -0.324 e. The highest BCUT2D eigenvalue weighted by Gasteiger charge is 2.07. The van der Waals surface area contributed by atoms with Crippen molar-refractivity contribution in [1.82, 2.24) is 4.98 Å². The Kier molecular flexibility index (Phi) is 3.03. The van der Waals surface area contributed by atoms with Gasteiger partial charge in [0.15, 0.2) is 0 Å². The van der Waals surface area contributed by atoms with Gasteiger partial charge in [-0.3, -0.25) is 9.78 Å². The number of carbonyl (C=O) groups excluding carboxylic acids is 1. The van der Waals surface area contributed by atoms with E-state index in [2.05, 4.69) is 10.3 Å². The maximum Gasteiger partial charge on any atom is 0.238 e. The summed E-state index contributed by atoms with van der Waals surface area (Å²) in [7, 11) is 0. The lowest BCUT2D eigenvalue weighted by atomic mass is 10.2. The average molecular weight is 236 g/mol. The second-order valence-electron chi connectivity index (χ2n) is 3.25. The molecule has 0 aliphatic heterocycles. The van der Waals surface area contributed by atoms with Gasteiger partial charge in [-0.25, -0.2) is 0 Å². The van der Waals surface area contributed by atoms with E-state index in [1.54, 1.807) is 24.4 Å². The number of fused-ring (bicyclic) bond motifs is 1. The fourth-order valence-electron chi connectivity index (χ4n) is 1.45. The van der Waals surface area contributed by atoms with Crippen LogP contribution in [0, 0.1) is 0 Å². The summed E-state index contributed by atoms with van der Waals surface area (Å²) in [6, 6.07) is 7.07. The van der Waals surface area contributed by atoms with Crippen LogP contribution < -0.4 is 11.1 Å². The number of benzene rings is 1. The van der Waals surface area contributed by atoms with Gasteiger partial charge in [0.2, 0.25) is 5.91 Å². The molecule has 1 amide bonds. The molecule has 82 valence electrons. The van der Waals surface area contributed by atoms with Crippen LogP contribution in [0.25, 0.3) is 10.9 Å². The highest BCUT2D eigenvalue weighted by molar-refractivity contribution is 6.35. The maximum absolute atomic E-state index is 11.2. The Morgan fingerprint density at radius 3 is 3.00 bits per heavy atom. The third kappa shape index (κ3) is 1.98. The molecule has 0 fully saturated rings. The predicted octanol–water partition coefficient (Wildman–Crippen LogP) is 1.79.